The fourth-order valence-electron chi connectivity index (χ4n) is 0.704. The number of hydrogen-bond acceptors (Lipinski definition) is 2. The van der Waals surface area contributed by atoms with Crippen LogP contribution in [0.15, 0.2) is 5.16 Å². The smallest absolute Gasteiger partial charge is 0.117 e. The van der Waals surface area contributed by atoms with Gasteiger partial charge in [-0.05, 0) is 19.8 Å². The number of hydrogen-bond donors (Lipinski definition) is 0. The molecule has 1 radical (unpaired) electrons. The third kappa shape index (κ3) is 7.47. The monoisotopic (exact) mass is 142 g/mol. The van der Waals surface area contributed by atoms with Gasteiger partial charge >= 0.3 is 0 Å². The molecule has 0 saturated carbocycles. The van der Waals surface area contributed by atoms with Crippen molar-refractivity contribution in [2.75, 3.05) is 6.61 Å². The molecule has 0 amide bonds. The third-order valence-corrected chi connectivity index (χ3v) is 1.25. The Hall–Kier alpha value is -0.530. The van der Waals surface area contributed by atoms with E-state index in [9.17, 15) is 0 Å². The Kier molecular flexibility index (Phi) is 8.02. The average molecular weight is 142 g/mol. The topological polar surface area (TPSA) is 21.6 Å². The largest absolute Gasteiger partial charge is 0.396 e. The summed E-state index contributed by atoms with van der Waals surface area (Å²) in [5, 5.41) is 3.52. The van der Waals surface area contributed by atoms with Crippen LogP contribution in [0.25, 0.3) is 0 Å². The van der Waals surface area contributed by atoms with Crippen LogP contribution in [-0.2, 0) is 4.84 Å². The zero-order valence-corrected chi connectivity index (χ0v) is 6.89. The maximum Gasteiger partial charge on any atom is 0.117 e. The first kappa shape index (κ1) is 9.47. The highest BCUT2D eigenvalue weighted by Crippen LogP contribution is 1.98. The molecular formula is C8H16NO. The highest BCUT2D eigenvalue weighted by atomic mass is 16.6. The molecular weight excluding hydrogens is 126 g/mol. The predicted octanol–water partition coefficient (Wildman–Crippen LogP) is 2.47. The molecule has 0 bridgehead atoms. The van der Waals surface area contributed by atoms with E-state index in [2.05, 4.69) is 18.3 Å². The molecule has 0 unspecified atom stereocenters. The fraction of sp³-hybridized carbons (Fsp3) is 0.875. The van der Waals surface area contributed by atoms with Gasteiger partial charge in [0, 0.05) is 0 Å². The number of rotatable bonds is 6. The molecule has 0 spiro atoms. The molecule has 0 atom stereocenters. The summed E-state index contributed by atoms with van der Waals surface area (Å²) in [6.45, 7) is 4.66. The van der Waals surface area contributed by atoms with Crippen molar-refractivity contribution in [3.63, 3.8) is 0 Å². The minimum Gasteiger partial charge on any atom is -0.396 e. The lowest BCUT2D eigenvalue weighted by atomic mass is 10.2. The van der Waals surface area contributed by atoms with Crippen LogP contribution >= 0.6 is 0 Å². The third-order valence-electron chi connectivity index (χ3n) is 1.25. The first-order chi connectivity index (χ1) is 4.91. The van der Waals surface area contributed by atoms with Gasteiger partial charge in [0.1, 0.15) is 12.8 Å². The molecule has 59 valence electrons. The van der Waals surface area contributed by atoms with E-state index in [1.54, 1.807) is 6.92 Å². The lowest BCUT2D eigenvalue weighted by Crippen LogP contribution is -1.87. The summed E-state index contributed by atoms with van der Waals surface area (Å²) < 4.78 is 0. The molecule has 0 aromatic rings. The summed E-state index contributed by atoms with van der Waals surface area (Å²) in [6, 6.07) is 0. The molecule has 10 heavy (non-hydrogen) atoms. The van der Waals surface area contributed by atoms with E-state index in [4.69, 9.17) is 4.84 Å². The van der Waals surface area contributed by atoms with Gasteiger partial charge < -0.3 is 4.84 Å². The normalized spacial score (nSPS) is 10.6. The second kappa shape index (κ2) is 8.47. The zero-order chi connectivity index (χ0) is 7.66. The van der Waals surface area contributed by atoms with Crippen LogP contribution in [0, 0.1) is 0 Å². The Morgan fingerprint density at radius 1 is 1.30 bits per heavy atom. The molecule has 0 saturated heterocycles. The Morgan fingerprint density at radius 3 is 2.70 bits per heavy atom. The van der Waals surface area contributed by atoms with Crippen LogP contribution in [0.2, 0.25) is 0 Å². The Morgan fingerprint density at radius 2 is 2.10 bits per heavy atom. The average Bonchev–Trinajstić information content (AvgIpc) is 1.97. The summed E-state index contributed by atoms with van der Waals surface area (Å²) in [5.41, 5.74) is 0. The summed E-state index contributed by atoms with van der Waals surface area (Å²) >= 11 is 0. The van der Waals surface area contributed by atoms with Crippen LogP contribution in [0.5, 0.6) is 0 Å². The van der Waals surface area contributed by atoms with E-state index < -0.39 is 0 Å². The minimum atomic E-state index is 0.737. The molecule has 2 heteroatoms. The molecule has 0 aromatic heterocycles. The van der Waals surface area contributed by atoms with Crippen molar-refractivity contribution in [3.05, 3.63) is 0 Å². The van der Waals surface area contributed by atoms with Crippen molar-refractivity contribution in [3.8, 4) is 0 Å². The standard InChI is InChI=1S/C8H16NO/c1-3-5-6-7-8-10-9-4-2/h3,5-8H2,1-2H3. The summed E-state index contributed by atoms with van der Waals surface area (Å²) in [5.74, 6) is 0. The highest BCUT2D eigenvalue weighted by Gasteiger charge is 1.85. The molecule has 2 nitrogen and oxygen atoms in total. The van der Waals surface area contributed by atoms with E-state index in [0.717, 1.165) is 13.0 Å². The van der Waals surface area contributed by atoms with Crippen LogP contribution < -0.4 is 0 Å². The maximum absolute atomic E-state index is 4.84. The van der Waals surface area contributed by atoms with Crippen LogP contribution in [0.4, 0.5) is 0 Å². The van der Waals surface area contributed by atoms with Crippen molar-refractivity contribution >= 4 is 6.21 Å². The number of nitrogens with zero attached hydrogens (tertiary/aromatic N) is 1. The maximum atomic E-state index is 4.84. The van der Waals surface area contributed by atoms with Crippen LogP contribution in [0.1, 0.15) is 39.5 Å². The molecule has 0 rings (SSSR count). The SMILES string of the molecule is C/[C]=N/OCCCCCC. The van der Waals surface area contributed by atoms with Crippen molar-refractivity contribution in [2.45, 2.75) is 39.5 Å². The Balaban J connectivity index is 2.77. The molecule has 0 aromatic carbocycles. The lowest BCUT2D eigenvalue weighted by Gasteiger charge is -1.96. The van der Waals surface area contributed by atoms with Gasteiger partial charge in [-0.15, -0.1) is 0 Å². The van der Waals surface area contributed by atoms with E-state index in [0.29, 0.717) is 0 Å². The van der Waals surface area contributed by atoms with Crippen LogP contribution in [0.3, 0.4) is 0 Å². The van der Waals surface area contributed by atoms with E-state index >= 15 is 0 Å². The second-order valence-corrected chi connectivity index (χ2v) is 2.21. The van der Waals surface area contributed by atoms with E-state index in [-0.39, 0.29) is 0 Å². The highest BCUT2D eigenvalue weighted by molar-refractivity contribution is 5.52. The Labute approximate surface area is 63.3 Å². The summed E-state index contributed by atoms with van der Waals surface area (Å²) in [6.07, 6.45) is 7.48. The minimum absolute atomic E-state index is 0.737. The quantitative estimate of drug-likeness (QED) is 0.317. The molecule has 0 fully saturated rings. The van der Waals surface area contributed by atoms with Gasteiger partial charge in [-0.2, -0.15) is 0 Å². The first-order valence-corrected chi connectivity index (χ1v) is 3.90. The number of unbranched alkanes of at least 4 members (excludes halogenated alkanes) is 3. The van der Waals surface area contributed by atoms with Crippen molar-refractivity contribution in [1.29, 1.82) is 0 Å². The Bertz CT molecular complexity index is 81.3. The zero-order valence-electron chi connectivity index (χ0n) is 6.89. The molecule has 0 heterocycles. The van der Waals surface area contributed by atoms with Crippen molar-refractivity contribution in [1.82, 2.24) is 0 Å². The van der Waals surface area contributed by atoms with Gasteiger partial charge in [0.2, 0.25) is 0 Å². The van der Waals surface area contributed by atoms with Gasteiger partial charge in [0.15, 0.2) is 0 Å². The molecule has 0 N–H and O–H groups in total. The second-order valence-electron chi connectivity index (χ2n) is 2.21. The van der Waals surface area contributed by atoms with Gasteiger partial charge in [-0.1, -0.05) is 24.9 Å². The molecule has 0 aliphatic heterocycles. The van der Waals surface area contributed by atoms with Gasteiger partial charge in [-0.3, -0.25) is 0 Å². The van der Waals surface area contributed by atoms with Gasteiger partial charge in [0.05, 0.1) is 0 Å². The fourth-order valence-corrected chi connectivity index (χ4v) is 0.704. The molecule has 0 aliphatic carbocycles. The predicted molar refractivity (Wildman–Crippen MR) is 43.2 cm³/mol. The lowest BCUT2D eigenvalue weighted by molar-refractivity contribution is 0.141. The first-order valence-electron chi connectivity index (χ1n) is 3.90. The molecule has 0 aliphatic rings. The van der Waals surface area contributed by atoms with E-state index in [1.165, 1.54) is 19.3 Å². The van der Waals surface area contributed by atoms with Crippen molar-refractivity contribution in [2.24, 2.45) is 5.16 Å². The van der Waals surface area contributed by atoms with Gasteiger partial charge in [-0.25, -0.2) is 0 Å². The van der Waals surface area contributed by atoms with Crippen molar-refractivity contribution < 1.29 is 4.84 Å². The van der Waals surface area contributed by atoms with E-state index in [1.807, 2.05) is 0 Å². The summed E-state index contributed by atoms with van der Waals surface area (Å²) in [4.78, 5) is 4.84. The summed E-state index contributed by atoms with van der Waals surface area (Å²) in [7, 11) is 0. The van der Waals surface area contributed by atoms with Crippen LogP contribution in [-0.4, -0.2) is 12.8 Å². The van der Waals surface area contributed by atoms with Gasteiger partial charge in [0.25, 0.3) is 0 Å².